The maximum atomic E-state index is 5.77. The molecule has 0 heterocycles. The lowest BCUT2D eigenvalue weighted by Gasteiger charge is -2.21. The maximum absolute atomic E-state index is 5.77. The van der Waals surface area contributed by atoms with Gasteiger partial charge >= 0.3 is 0 Å². The molecule has 3 N–H and O–H groups in total. The van der Waals surface area contributed by atoms with Crippen molar-refractivity contribution in [3.8, 4) is 5.75 Å². The third-order valence-corrected chi connectivity index (χ3v) is 3.36. The highest BCUT2D eigenvalue weighted by Crippen LogP contribution is 2.31. The fraction of sp³-hybridized carbons (Fsp3) is 0.250. The van der Waals surface area contributed by atoms with Gasteiger partial charge in [0, 0.05) is 5.56 Å². The van der Waals surface area contributed by atoms with Crippen LogP contribution in [-0.4, -0.2) is 7.11 Å². The van der Waals surface area contributed by atoms with Crippen LogP contribution in [0.1, 0.15) is 28.3 Å². The van der Waals surface area contributed by atoms with E-state index >= 15 is 0 Å². The molecule has 0 aliphatic rings. The van der Waals surface area contributed by atoms with Gasteiger partial charge in [-0.1, -0.05) is 42.0 Å². The molecular formula is C16H20N2O. The van der Waals surface area contributed by atoms with Crippen molar-refractivity contribution in [3.63, 3.8) is 0 Å². The van der Waals surface area contributed by atoms with Crippen LogP contribution in [0.4, 0.5) is 0 Å². The van der Waals surface area contributed by atoms with Crippen molar-refractivity contribution >= 4 is 0 Å². The molecule has 100 valence electrons. The normalized spacial score (nSPS) is 12.2. The first-order chi connectivity index (χ1) is 9.17. The highest BCUT2D eigenvalue weighted by atomic mass is 16.5. The van der Waals surface area contributed by atoms with E-state index in [2.05, 4.69) is 37.5 Å². The van der Waals surface area contributed by atoms with E-state index in [0.29, 0.717) is 0 Å². The molecule has 0 saturated carbocycles. The van der Waals surface area contributed by atoms with Crippen LogP contribution in [0.3, 0.4) is 0 Å². The first-order valence-corrected chi connectivity index (χ1v) is 6.33. The number of methoxy groups -OCH3 is 1. The molecule has 0 bridgehead atoms. The van der Waals surface area contributed by atoms with E-state index in [1.807, 2.05) is 24.3 Å². The van der Waals surface area contributed by atoms with Gasteiger partial charge < -0.3 is 4.74 Å². The molecule has 0 aromatic heterocycles. The van der Waals surface area contributed by atoms with Gasteiger partial charge in [0.25, 0.3) is 0 Å². The number of nitrogens with one attached hydrogen (secondary N) is 1. The molecule has 2 aromatic rings. The van der Waals surface area contributed by atoms with Crippen LogP contribution in [0.5, 0.6) is 5.75 Å². The first-order valence-electron chi connectivity index (χ1n) is 6.33. The molecule has 19 heavy (non-hydrogen) atoms. The Balaban J connectivity index is 2.53. The minimum Gasteiger partial charge on any atom is -0.496 e. The van der Waals surface area contributed by atoms with Gasteiger partial charge in [-0.25, -0.2) is 5.43 Å². The number of hydrazine groups is 1. The zero-order valence-corrected chi connectivity index (χ0v) is 11.6. The molecule has 0 aliphatic carbocycles. The summed E-state index contributed by atoms with van der Waals surface area (Å²) in [7, 11) is 1.68. The summed E-state index contributed by atoms with van der Waals surface area (Å²) in [4.78, 5) is 0. The van der Waals surface area contributed by atoms with Crippen molar-refractivity contribution in [2.45, 2.75) is 19.9 Å². The van der Waals surface area contributed by atoms with Gasteiger partial charge in [-0.2, -0.15) is 0 Å². The Bertz CT molecular complexity index is 566. The molecule has 0 amide bonds. The highest BCUT2D eigenvalue weighted by Gasteiger charge is 2.18. The van der Waals surface area contributed by atoms with E-state index < -0.39 is 0 Å². The summed E-state index contributed by atoms with van der Waals surface area (Å²) in [5.41, 5.74) is 7.54. The van der Waals surface area contributed by atoms with E-state index in [9.17, 15) is 0 Å². The Morgan fingerprint density at radius 1 is 1.05 bits per heavy atom. The molecule has 3 nitrogen and oxygen atoms in total. The van der Waals surface area contributed by atoms with Crippen LogP contribution in [-0.2, 0) is 0 Å². The fourth-order valence-corrected chi connectivity index (χ4v) is 2.32. The zero-order chi connectivity index (χ0) is 13.8. The second-order valence-electron chi connectivity index (χ2n) is 4.70. The summed E-state index contributed by atoms with van der Waals surface area (Å²) < 4.78 is 5.42. The van der Waals surface area contributed by atoms with Crippen molar-refractivity contribution in [3.05, 3.63) is 64.7 Å². The van der Waals surface area contributed by atoms with Gasteiger partial charge in [0.05, 0.1) is 13.2 Å². The van der Waals surface area contributed by atoms with Gasteiger partial charge in [-0.15, -0.1) is 0 Å². The molecule has 2 rings (SSSR count). The predicted molar refractivity (Wildman–Crippen MR) is 78.1 cm³/mol. The second-order valence-corrected chi connectivity index (χ2v) is 4.70. The quantitative estimate of drug-likeness (QED) is 0.653. The molecule has 0 aliphatic heterocycles. The number of aryl methyl sites for hydroxylation is 2. The Labute approximate surface area is 114 Å². The second kappa shape index (κ2) is 5.87. The predicted octanol–water partition coefficient (Wildman–Crippen LogP) is 2.86. The largest absolute Gasteiger partial charge is 0.496 e. The van der Waals surface area contributed by atoms with Gasteiger partial charge in [-0.05, 0) is 31.0 Å². The molecule has 0 saturated heterocycles. The standard InChI is InChI=1S/C16H20N2O/c1-11-8-9-12(2)14(10-11)16(18-17)13-6-4-5-7-15(13)19-3/h4-10,16,18H,17H2,1-3H3. The van der Waals surface area contributed by atoms with Crippen molar-refractivity contribution < 1.29 is 4.74 Å². The van der Waals surface area contributed by atoms with Crippen molar-refractivity contribution in [2.75, 3.05) is 7.11 Å². The summed E-state index contributed by atoms with van der Waals surface area (Å²) in [6.45, 7) is 4.17. The monoisotopic (exact) mass is 256 g/mol. The van der Waals surface area contributed by atoms with Crippen LogP contribution in [0.2, 0.25) is 0 Å². The van der Waals surface area contributed by atoms with Crippen LogP contribution in [0.25, 0.3) is 0 Å². The molecular weight excluding hydrogens is 236 g/mol. The van der Waals surface area contributed by atoms with Crippen molar-refractivity contribution in [1.29, 1.82) is 0 Å². The number of hydrogen-bond donors (Lipinski definition) is 2. The van der Waals surface area contributed by atoms with Gasteiger partial charge in [0.15, 0.2) is 0 Å². The summed E-state index contributed by atoms with van der Waals surface area (Å²) in [6, 6.07) is 14.2. The molecule has 1 atom stereocenters. The van der Waals surface area contributed by atoms with Gasteiger partial charge in [-0.3, -0.25) is 5.84 Å². The Morgan fingerprint density at radius 3 is 2.47 bits per heavy atom. The summed E-state index contributed by atoms with van der Waals surface area (Å²) >= 11 is 0. The van der Waals surface area contributed by atoms with E-state index in [4.69, 9.17) is 10.6 Å². The van der Waals surface area contributed by atoms with E-state index in [-0.39, 0.29) is 6.04 Å². The Morgan fingerprint density at radius 2 is 1.79 bits per heavy atom. The van der Waals surface area contributed by atoms with Crippen LogP contribution in [0, 0.1) is 13.8 Å². The number of benzene rings is 2. The van der Waals surface area contributed by atoms with Gasteiger partial charge in [0.2, 0.25) is 0 Å². The van der Waals surface area contributed by atoms with Crippen LogP contribution in [0.15, 0.2) is 42.5 Å². The summed E-state index contributed by atoms with van der Waals surface area (Å²) in [6.07, 6.45) is 0. The topological polar surface area (TPSA) is 47.3 Å². The summed E-state index contributed by atoms with van der Waals surface area (Å²) in [5, 5.41) is 0. The molecule has 2 aromatic carbocycles. The van der Waals surface area contributed by atoms with Crippen molar-refractivity contribution in [2.24, 2.45) is 5.84 Å². The highest BCUT2D eigenvalue weighted by molar-refractivity contribution is 5.44. The van der Waals surface area contributed by atoms with E-state index in [0.717, 1.165) is 11.3 Å². The molecule has 1 unspecified atom stereocenters. The van der Waals surface area contributed by atoms with Crippen molar-refractivity contribution in [1.82, 2.24) is 5.43 Å². The van der Waals surface area contributed by atoms with Crippen LogP contribution < -0.4 is 16.0 Å². The first kappa shape index (κ1) is 13.6. The van der Waals surface area contributed by atoms with Gasteiger partial charge in [0.1, 0.15) is 5.75 Å². The lowest BCUT2D eigenvalue weighted by atomic mass is 9.93. The van der Waals surface area contributed by atoms with E-state index in [1.165, 1.54) is 16.7 Å². The van der Waals surface area contributed by atoms with E-state index in [1.54, 1.807) is 7.11 Å². The minimum atomic E-state index is -0.0731. The lowest BCUT2D eigenvalue weighted by Crippen LogP contribution is -2.29. The number of ether oxygens (including phenoxy) is 1. The number of nitrogens with two attached hydrogens (primary N) is 1. The number of hydrogen-bond acceptors (Lipinski definition) is 3. The third kappa shape index (κ3) is 2.78. The number of para-hydroxylation sites is 1. The molecule has 0 fully saturated rings. The fourth-order valence-electron chi connectivity index (χ4n) is 2.32. The van der Waals surface area contributed by atoms with Crippen LogP contribution >= 0.6 is 0 Å². The third-order valence-electron chi connectivity index (χ3n) is 3.36. The minimum absolute atomic E-state index is 0.0731. The maximum Gasteiger partial charge on any atom is 0.124 e. The smallest absolute Gasteiger partial charge is 0.124 e. The SMILES string of the molecule is COc1ccccc1C(NN)c1cc(C)ccc1C. The zero-order valence-electron chi connectivity index (χ0n) is 11.6. The Kier molecular flexibility index (Phi) is 4.20. The Hall–Kier alpha value is -1.84. The number of rotatable bonds is 4. The average molecular weight is 256 g/mol. The lowest BCUT2D eigenvalue weighted by molar-refractivity contribution is 0.404. The molecule has 3 heteroatoms. The summed E-state index contributed by atoms with van der Waals surface area (Å²) in [5.74, 6) is 6.61. The average Bonchev–Trinajstić information content (AvgIpc) is 2.44. The molecule has 0 radical (unpaired) electrons. The molecule has 0 spiro atoms.